The molecule has 0 saturated heterocycles. The zero-order valence-electron chi connectivity index (χ0n) is 18.6. The van der Waals surface area contributed by atoms with Gasteiger partial charge < -0.3 is 9.51 Å². The molecule has 8 rings (SSSR count). The topological polar surface area (TPSA) is 24.6 Å². The molecule has 4 bridgehead atoms. The normalized spacial score (nSPS) is 12.3. The van der Waals surface area contributed by atoms with Crippen LogP contribution in [0.15, 0.2) is 103 Å². The molecule has 35 heavy (non-hydrogen) atoms. The summed E-state index contributed by atoms with van der Waals surface area (Å²) in [5.74, 6) is 0.274. The van der Waals surface area contributed by atoms with Crippen molar-refractivity contribution in [2.75, 3.05) is 0 Å². The number of aromatic hydroxyl groups is 1. The van der Waals surface area contributed by atoms with Crippen molar-refractivity contribution in [1.29, 1.82) is 0 Å². The van der Waals surface area contributed by atoms with Gasteiger partial charge in [-0.3, -0.25) is 0 Å². The van der Waals surface area contributed by atoms with Gasteiger partial charge in [0.05, 0.1) is 21.6 Å². The SMILES string of the molecule is Oc1ccccc1-c1ccc2c3c(Cl)cccc3n3c4cccc5c6ccccc6c(cc54)c1c23. The molecule has 0 saturated carbocycles. The average Bonchev–Trinajstić information content (AvgIpc) is 3.15. The van der Waals surface area contributed by atoms with Gasteiger partial charge in [0.2, 0.25) is 0 Å². The van der Waals surface area contributed by atoms with E-state index in [9.17, 15) is 5.11 Å². The highest BCUT2D eigenvalue weighted by Crippen LogP contribution is 2.46. The number of phenolic OH excluding ortho intramolecular Hbond substituents is 1. The first kappa shape index (κ1) is 19.1. The maximum absolute atomic E-state index is 10.9. The first-order chi connectivity index (χ1) is 17.2. The van der Waals surface area contributed by atoms with Crippen LogP contribution in [-0.2, 0) is 0 Å². The summed E-state index contributed by atoms with van der Waals surface area (Å²) in [6, 6.07) is 35.5. The molecule has 164 valence electrons. The summed E-state index contributed by atoms with van der Waals surface area (Å²) in [6.07, 6.45) is 0. The number of phenols is 1. The summed E-state index contributed by atoms with van der Waals surface area (Å²) in [5, 5.41) is 21.0. The number of nitrogens with zero attached hydrogens (tertiary/aromatic N) is 1. The Balaban J connectivity index is 1.83. The molecule has 0 fully saturated rings. The van der Waals surface area contributed by atoms with Gasteiger partial charge in [-0.05, 0) is 57.4 Å². The first-order valence-electron chi connectivity index (χ1n) is 11.7. The zero-order valence-corrected chi connectivity index (χ0v) is 19.3. The van der Waals surface area contributed by atoms with E-state index in [1.54, 1.807) is 6.07 Å². The van der Waals surface area contributed by atoms with E-state index < -0.39 is 0 Å². The second kappa shape index (κ2) is 6.65. The van der Waals surface area contributed by atoms with Crippen LogP contribution in [0.3, 0.4) is 0 Å². The maximum atomic E-state index is 10.9. The maximum Gasteiger partial charge on any atom is 0.123 e. The van der Waals surface area contributed by atoms with Crippen molar-refractivity contribution >= 4 is 71.2 Å². The molecule has 0 atom stereocenters. The number of benzene rings is 6. The summed E-state index contributed by atoms with van der Waals surface area (Å²) >= 11 is 6.82. The van der Waals surface area contributed by atoms with Gasteiger partial charge in [0.1, 0.15) is 5.75 Å². The smallest absolute Gasteiger partial charge is 0.123 e. The zero-order chi connectivity index (χ0) is 23.3. The second-order valence-electron chi connectivity index (χ2n) is 9.21. The fourth-order valence-electron chi connectivity index (χ4n) is 6.08. The molecule has 2 nitrogen and oxygen atoms in total. The summed E-state index contributed by atoms with van der Waals surface area (Å²) < 4.78 is 2.36. The quantitative estimate of drug-likeness (QED) is 0.239. The Kier molecular flexibility index (Phi) is 3.63. The third kappa shape index (κ3) is 2.35. The molecule has 6 aromatic carbocycles. The molecule has 0 spiro atoms. The van der Waals surface area contributed by atoms with E-state index in [0.29, 0.717) is 0 Å². The van der Waals surface area contributed by atoms with Crippen LogP contribution in [-0.4, -0.2) is 9.51 Å². The molecule has 2 aromatic heterocycles. The van der Waals surface area contributed by atoms with Crippen molar-refractivity contribution in [2.24, 2.45) is 0 Å². The van der Waals surface area contributed by atoms with E-state index in [0.717, 1.165) is 48.9 Å². The van der Waals surface area contributed by atoms with E-state index >= 15 is 0 Å². The molecule has 0 aliphatic carbocycles. The highest BCUT2D eigenvalue weighted by molar-refractivity contribution is 6.40. The summed E-state index contributed by atoms with van der Waals surface area (Å²) in [5.41, 5.74) is 5.18. The summed E-state index contributed by atoms with van der Waals surface area (Å²) in [6.45, 7) is 0. The van der Waals surface area contributed by atoms with Crippen LogP contribution >= 0.6 is 11.6 Å². The molecule has 1 N–H and O–H groups in total. The van der Waals surface area contributed by atoms with Crippen LogP contribution < -0.4 is 0 Å². The number of halogens is 1. The predicted molar refractivity (Wildman–Crippen MR) is 148 cm³/mol. The fraction of sp³-hybridized carbons (Fsp3) is 0. The third-order valence-corrected chi connectivity index (χ3v) is 7.80. The van der Waals surface area contributed by atoms with Crippen molar-refractivity contribution in [3.63, 3.8) is 0 Å². The lowest BCUT2D eigenvalue weighted by atomic mass is 9.92. The minimum Gasteiger partial charge on any atom is -0.507 e. The Hall–Kier alpha value is -4.27. The van der Waals surface area contributed by atoms with E-state index in [1.165, 1.54) is 26.9 Å². The van der Waals surface area contributed by atoms with Gasteiger partial charge in [-0.25, -0.2) is 0 Å². The van der Waals surface area contributed by atoms with Crippen molar-refractivity contribution in [1.82, 2.24) is 4.40 Å². The molecule has 0 radical (unpaired) electrons. The molecule has 0 aliphatic heterocycles. The predicted octanol–water partition coefficient (Wildman–Crippen LogP) is 9.17. The lowest BCUT2D eigenvalue weighted by Gasteiger charge is -2.11. The highest BCUT2D eigenvalue weighted by atomic mass is 35.5. The lowest BCUT2D eigenvalue weighted by molar-refractivity contribution is 0.477. The Morgan fingerprint density at radius 1 is 0.514 bits per heavy atom. The number of aromatic nitrogens is 1. The molecule has 8 aromatic rings. The molecule has 0 amide bonds. The molecular formula is C32H18ClNO. The Morgan fingerprint density at radius 3 is 2.06 bits per heavy atom. The lowest BCUT2D eigenvalue weighted by Crippen LogP contribution is -1.86. The van der Waals surface area contributed by atoms with E-state index in [2.05, 4.69) is 71.1 Å². The van der Waals surface area contributed by atoms with Gasteiger partial charge in [-0.1, -0.05) is 84.4 Å². The number of rotatable bonds is 1. The Bertz CT molecular complexity index is 2140. The van der Waals surface area contributed by atoms with Crippen molar-refractivity contribution in [3.05, 3.63) is 108 Å². The van der Waals surface area contributed by atoms with Crippen LogP contribution in [0.25, 0.3) is 70.8 Å². The monoisotopic (exact) mass is 467 g/mol. The second-order valence-corrected chi connectivity index (χ2v) is 9.62. The van der Waals surface area contributed by atoms with Crippen molar-refractivity contribution in [3.8, 4) is 16.9 Å². The minimum absolute atomic E-state index is 0.274. The first-order valence-corrected chi connectivity index (χ1v) is 12.1. The standard InChI is InChI=1S/C32H18ClNO/c33-26-11-6-13-28-31(26)23-16-15-22(21-9-3-4-14-29(21)35)30-25-17-24-19(18-7-1-2-8-20(18)25)10-5-12-27(24)34(28)32(23)30/h1-17,35H. The van der Waals surface area contributed by atoms with Crippen molar-refractivity contribution in [2.45, 2.75) is 0 Å². The summed E-state index contributed by atoms with van der Waals surface area (Å²) in [4.78, 5) is 0. The molecule has 0 unspecified atom stereocenters. The Labute approximate surface area is 205 Å². The highest BCUT2D eigenvalue weighted by Gasteiger charge is 2.21. The molecule has 0 aliphatic rings. The van der Waals surface area contributed by atoms with Crippen LogP contribution in [0.2, 0.25) is 5.02 Å². The van der Waals surface area contributed by atoms with Crippen LogP contribution in [0.1, 0.15) is 0 Å². The number of fused-ring (bicyclic) bond motifs is 5. The number of hydrogen-bond donors (Lipinski definition) is 1. The molecule has 3 heteroatoms. The number of hydrogen-bond acceptors (Lipinski definition) is 1. The molecular weight excluding hydrogens is 450 g/mol. The van der Waals surface area contributed by atoms with Gasteiger partial charge in [-0.15, -0.1) is 0 Å². The fourth-order valence-corrected chi connectivity index (χ4v) is 6.35. The van der Waals surface area contributed by atoms with E-state index in [-0.39, 0.29) is 5.75 Å². The van der Waals surface area contributed by atoms with Gasteiger partial charge in [0, 0.05) is 27.1 Å². The van der Waals surface area contributed by atoms with Gasteiger partial charge in [0.25, 0.3) is 0 Å². The van der Waals surface area contributed by atoms with Crippen LogP contribution in [0.5, 0.6) is 5.75 Å². The number of para-hydroxylation sites is 1. The van der Waals surface area contributed by atoms with Gasteiger partial charge in [-0.2, -0.15) is 0 Å². The average molecular weight is 468 g/mol. The van der Waals surface area contributed by atoms with Gasteiger partial charge >= 0.3 is 0 Å². The van der Waals surface area contributed by atoms with Crippen LogP contribution in [0, 0.1) is 0 Å². The van der Waals surface area contributed by atoms with Crippen molar-refractivity contribution < 1.29 is 5.11 Å². The Morgan fingerprint density at radius 2 is 1.20 bits per heavy atom. The van der Waals surface area contributed by atoms with Crippen LogP contribution in [0.4, 0.5) is 0 Å². The van der Waals surface area contributed by atoms with E-state index in [1.807, 2.05) is 30.3 Å². The molecule has 2 heterocycles. The largest absolute Gasteiger partial charge is 0.507 e. The van der Waals surface area contributed by atoms with E-state index in [4.69, 9.17) is 11.6 Å². The minimum atomic E-state index is 0.274. The summed E-state index contributed by atoms with van der Waals surface area (Å²) in [7, 11) is 0. The third-order valence-electron chi connectivity index (χ3n) is 7.49. The van der Waals surface area contributed by atoms with Gasteiger partial charge in [0.15, 0.2) is 0 Å².